The fourth-order valence-electron chi connectivity index (χ4n) is 1.49. The van der Waals surface area contributed by atoms with E-state index in [4.69, 9.17) is 14.2 Å². The van der Waals surface area contributed by atoms with Crippen molar-refractivity contribution in [3.05, 3.63) is 46.3 Å². The van der Waals surface area contributed by atoms with Crippen LogP contribution in [0.1, 0.15) is 10.6 Å². The molecule has 9 nitrogen and oxygen atoms in total. The van der Waals surface area contributed by atoms with E-state index in [0.29, 0.717) is 0 Å². The maximum atomic E-state index is 12.0. The first-order valence-electron chi connectivity index (χ1n) is 5.97. The van der Waals surface area contributed by atoms with Crippen LogP contribution in [0.5, 0.6) is 17.5 Å². The van der Waals surface area contributed by atoms with Gasteiger partial charge in [0.2, 0.25) is 17.6 Å². The van der Waals surface area contributed by atoms with Crippen molar-refractivity contribution >= 4 is 11.7 Å². The third-order valence-corrected chi connectivity index (χ3v) is 2.54. The largest absolute Gasteiger partial charge is 0.481 e. The van der Waals surface area contributed by atoms with Crippen molar-refractivity contribution in [3.63, 3.8) is 0 Å². The van der Waals surface area contributed by atoms with Gasteiger partial charge in [-0.3, -0.25) is 10.1 Å². The van der Waals surface area contributed by atoms with Gasteiger partial charge in [-0.25, -0.2) is 4.79 Å². The lowest BCUT2D eigenvalue weighted by atomic mass is 10.3. The molecule has 114 valence electrons. The molecule has 0 fully saturated rings. The highest BCUT2D eigenvalue weighted by Gasteiger charge is 2.16. The molecule has 0 bridgehead atoms. The molecule has 0 radical (unpaired) electrons. The van der Waals surface area contributed by atoms with Crippen molar-refractivity contribution < 1.29 is 23.9 Å². The number of carbonyl (C=O) groups excluding carboxylic acids is 1. The van der Waals surface area contributed by atoms with Crippen LogP contribution in [0.4, 0.5) is 5.69 Å². The summed E-state index contributed by atoms with van der Waals surface area (Å²) < 4.78 is 14.9. The van der Waals surface area contributed by atoms with Crippen molar-refractivity contribution in [2.24, 2.45) is 0 Å². The van der Waals surface area contributed by atoms with Crippen molar-refractivity contribution in [1.82, 2.24) is 9.97 Å². The Balaban J connectivity index is 2.19. The number of nitrogens with zero attached hydrogens (tertiary/aromatic N) is 3. The lowest BCUT2D eigenvalue weighted by Crippen LogP contribution is -2.14. The summed E-state index contributed by atoms with van der Waals surface area (Å²) in [7, 11) is 2.76. The number of ether oxygens (including phenoxy) is 3. The van der Waals surface area contributed by atoms with Gasteiger partial charge < -0.3 is 14.2 Å². The van der Waals surface area contributed by atoms with E-state index in [1.54, 1.807) is 0 Å². The van der Waals surface area contributed by atoms with Crippen LogP contribution in [0, 0.1) is 10.1 Å². The predicted octanol–water partition coefficient (Wildman–Crippen LogP) is 1.62. The minimum atomic E-state index is -0.842. The summed E-state index contributed by atoms with van der Waals surface area (Å²) >= 11 is 0. The molecule has 1 aromatic carbocycles. The number of non-ortho nitro benzene ring substituents is 1. The van der Waals surface area contributed by atoms with Gasteiger partial charge in [-0.05, 0) is 12.1 Å². The zero-order chi connectivity index (χ0) is 16.1. The van der Waals surface area contributed by atoms with E-state index in [9.17, 15) is 14.9 Å². The maximum absolute atomic E-state index is 12.0. The topological polar surface area (TPSA) is 114 Å². The molecule has 0 spiro atoms. The zero-order valence-electron chi connectivity index (χ0n) is 11.7. The van der Waals surface area contributed by atoms with Crippen LogP contribution >= 0.6 is 0 Å². The number of hydrogen-bond acceptors (Lipinski definition) is 8. The highest BCUT2D eigenvalue weighted by molar-refractivity contribution is 5.87. The van der Waals surface area contributed by atoms with Crippen LogP contribution < -0.4 is 14.2 Å². The minimum absolute atomic E-state index is 0.112. The van der Waals surface area contributed by atoms with Crippen LogP contribution in [-0.2, 0) is 0 Å². The third-order valence-electron chi connectivity index (χ3n) is 2.54. The van der Waals surface area contributed by atoms with Gasteiger partial charge in [0.05, 0.1) is 25.2 Å². The van der Waals surface area contributed by atoms with E-state index in [-0.39, 0.29) is 29.0 Å². The summed E-state index contributed by atoms with van der Waals surface area (Å²) in [5.74, 6) is -0.688. The second-order valence-electron chi connectivity index (χ2n) is 3.92. The highest BCUT2D eigenvalue weighted by Crippen LogP contribution is 2.19. The molecular weight excluding hydrogens is 294 g/mol. The van der Waals surface area contributed by atoms with Crippen molar-refractivity contribution in [2.75, 3.05) is 14.2 Å². The molecule has 0 amide bonds. The number of methoxy groups -OCH3 is 2. The van der Waals surface area contributed by atoms with E-state index >= 15 is 0 Å². The molecule has 0 aliphatic carbocycles. The second kappa shape index (κ2) is 6.48. The second-order valence-corrected chi connectivity index (χ2v) is 3.92. The van der Waals surface area contributed by atoms with Crippen molar-refractivity contribution in [1.29, 1.82) is 0 Å². The van der Waals surface area contributed by atoms with Gasteiger partial charge in [-0.15, -0.1) is 0 Å². The van der Waals surface area contributed by atoms with Gasteiger partial charge in [0.25, 0.3) is 5.69 Å². The number of rotatable bonds is 5. The molecule has 0 unspecified atom stereocenters. The van der Waals surface area contributed by atoms with Gasteiger partial charge in [0, 0.05) is 12.1 Å². The van der Waals surface area contributed by atoms with E-state index in [1.807, 2.05) is 0 Å². The van der Waals surface area contributed by atoms with Crippen LogP contribution in [0.2, 0.25) is 0 Å². The molecule has 0 atom stereocenters. The lowest BCUT2D eigenvalue weighted by Gasteiger charge is -2.06. The number of benzene rings is 1. The predicted molar refractivity (Wildman–Crippen MR) is 73.2 cm³/mol. The molecule has 2 aromatic rings. The Morgan fingerprint density at radius 1 is 1.09 bits per heavy atom. The first-order chi connectivity index (χ1) is 10.5. The number of hydrogen-bond donors (Lipinski definition) is 0. The van der Waals surface area contributed by atoms with E-state index in [1.165, 1.54) is 44.6 Å². The molecule has 2 rings (SSSR count). The van der Waals surface area contributed by atoms with Crippen LogP contribution in [0.3, 0.4) is 0 Å². The van der Waals surface area contributed by atoms with E-state index in [2.05, 4.69) is 9.97 Å². The lowest BCUT2D eigenvalue weighted by molar-refractivity contribution is -0.384. The van der Waals surface area contributed by atoms with Gasteiger partial charge in [-0.2, -0.15) is 9.97 Å². The Morgan fingerprint density at radius 3 is 2.09 bits per heavy atom. The molecule has 9 heteroatoms. The Bertz CT molecular complexity index is 679. The Hall–Kier alpha value is -3.23. The Kier molecular flexibility index (Phi) is 4.47. The fraction of sp³-hybridized carbons (Fsp3) is 0.154. The maximum Gasteiger partial charge on any atom is 0.382 e. The molecule has 1 heterocycles. The summed E-state index contributed by atoms with van der Waals surface area (Å²) in [4.78, 5) is 29.7. The van der Waals surface area contributed by atoms with Gasteiger partial charge in [0.1, 0.15) is 5.75 Å². The average Bonchev–Trinajstić information content (AvgIpc) is 2.54. The molecule has 0 saturated carbocycles. The van der Waals surface area contributed by atoms with Crippen molar-refractivity contribution in [2.45, 2.75) is 0 Å². The molecule has 0 aliphatic rings. The van der Waals surface area contributed by atoms with Crippen LogP contribution in [0.25, 0.3) is 0 Å². The van der Waals surface area contributed by atoms with Crippen molar-refractivity contribution in [3.8, 4) is 17.5 Å². The Labute approximate surface area is 124 Å². The highest BCUT2D eigenvalue weighted by atomic mass is 16.6. The van der Waals surface area contributed by atoms with E-state index in [0.717, 1.165) is 0 Å². The molecule has 1 aromatic heterocycles. The number of aromatic nitrogens is 2. The van der Waals surface area contributed by atoms with Gasteiger partial charge >= 0.3 is 5.97 Å². The summed E-state index contributed by atoms with van der Waals surface area (Å²) in [6, 6.07) is 6.44. The SMILES string of the molecule is COc1cc(OC)nc(C(=O)Oc2ccc([N+](=O)[O-])cc2)n1. The first-order valence-corrected chi connectivity index (χ1v) is 5.97. The normalized spacial score (nSPS) is 9.91. The Morgan fingerprint density at radius 2 is 1.64 bits per heavy atom. The molecule has 0 N–H and O–H groups in total. The zero-order valence-corrected chi connectivity index (χ0v) is 11.7. The smallest absolute Gasteiger partial charge is 0.382 e. The number of esters is 1. The standard InChI is InChI=1S/C13H11N3O6/c1-20-10-7-11(21-2)15-12(14-10)13(17)22-9-5-3-8(4-6-9)16(18)19/h3-7H,1-2H3. The quantitative estimate of drug-likeness (QED) is 0.354. The van der Waals surface area contributed by atoms with Crippen LogP contribution in [-0.4, -0.2) is 35.1 Å². The molecule has 22 heavy (non-hydrogen) atoms. The summed E-state index contributed by atoms with van der Waals surface area (Å²) in [6.07, 6.45) is 0. The fourth-order valence-corrected chi connectivity index (χ4v) is 1.49. The number of nitro benzene ring substituents is 1. The number of nitro groups is 1. The van der Waals surface area contributed by atoms with Gasteiger partial charge in [0.15, 0.2) is 0 Å². The first kappa shape index (κ1) is 15.2. The monoisotopic (exact) mass is 305 g/mol. The molecular formula is C13H11N3O6. The summed E-state index contributed by atoms with van der Waals surface area (Å²) in [5.41, 5.74) is -0.112. The minimum Gasteiger partial charge on any atom is -0.481 e. The average molecular weight is 305 g/mol. The third kappa shape index (κ3) is 3.45. The molecule has 0 aliphatic heterocycles. The van der Waals surface area contributed by atoms with Crippen LogP contribution in [0.15, 0.2) is 30.3 Å². The number of carbonyl (C=O) groups is 1. The van der Waals surface area contributed by atoms with Gasteiger partial charge in [-0.1, -0.05) is 0 Å². The summed E-state index contributed by atoms with van der Waals surface area (Å²) in [5, 5.41) is 10.5. The summed E-state index contributed by atoms with van der Waals surface area (Å²) in [6.45, 7) is 0. The van der Waals surface area contributed by atoms with E-state index < -0.39 is 10.9 Å². The molecule has 0 saturated heterocycles.